The zero-order chi connectivity index (χ0) is 14.8. The average Bonchev–Trinajstić information content (AvgIpc) is 2.91. The molecule has 1 saturated carbocycles. The Labute approximate surface area is 126 Å². The van der Waals surface area contributed by atoms with Crippen molar-refractivity contribution in [2.24, 2.45) is 16.7 Å². The Morgan fingerprint density at radius 2 is 1.85 bits per heavy atom. The lowest BCUT2D eigenvalue weighted by Gasteiger charge is -2.35. The van der Waals surface area contributed by atoms with E-state index < -0.39 is 0 Å². The summed E-state index contributed by atoms with van der Waals surface area (Å²) in [6.07, 6.45) is 16.1. The van der Waals surface area contributed by atoms with Crippen LogP contribution in [0, 0.1) is 16.7 Å². The third-order valence-electron chi connectivity index (χ3n) is 6.22. The molecule has 0 aromatic rings. The summed E-state index contributed by atoms with van der Waals surface area (Å²) in [4.78, 5) is 0. The van der Waals surface area contributed by atoms with E-state index in [-0.39, 0.29) is 0 Å². The van der Waals surface area contributed by atoms with Gasteiger partial charge in [-0.05, 0) is 67.8 Å². The van der Waals surface area contributed by atoms with Crippen LogP contribution in [0.2, 0.25) is 0 Å². The predicted octanol–water partition coefficient (Wildman–Crippen LogP) is 6.68. The van der Waals surface area contributed by atoms with Crippen molar-refractivity contribution < 1.29 is 0 Å². The third-order valence-corrected chi connectivity index (χ3v) is 6.22. The van der Waals surface area contributed by atoms with Crippen molar-refractivity contribution in [1.82, 2.24) is 0 Å². The minimum Gasteiger partial charge on any atom is -0.0780 e. The van der Waals surface area contributed by atoms with Gasteiger partial charge in [0.1, 0.15) is 0 Å². The summed E-state index contributed by atoms with van der Waals surface area (Å²) in [7, 11) is 0. The molecule has 0 saturated heterocycles. The molecule has 20 heavy (non-hydrogen) atoms. The average molecular weight is 274 g/mol. The van der Waals surface area contributed by atoms with E-state index in [0.717, 1.165) is 5.92 Å². The van der Waals surface area contributed by atoms with Gasteiger partial charge in [0, 0.05) is 0 Å². The summed E-state index contributed by atoms with van der Waals surface area (Å²) in [5, 5.41) is 0. The number of rotatable bonds is 4. The van der Waals surface area contributed by atoms with Gasteiger partial charge in [-0.3, -0.25) is 0 Å². The minimum atomic E-state index is 0.378. The van der Waals surface area contributed by atoms with E-state index in [9.17, 15) is 0 Å². The molecular weight excluding hydrogens is 240 g/mol. The highest BCUT2D eigenvalue weighted by Crippen LogP contribution is 2.45. The van der Waals surface area contributed by atoms with E-state index in [1.54, 1.807) is 11.1 Å². The monoisotopic (exact) mass is 274 g/mol. The van der Waals surface area contributed by atoms with Gasteiger partial charge < -0.3 is 0 Å². The van der Waals surface area contributed by atoms with E-state index >= 15 is 0 Å². The summed E-state index contributed by atoms with van der Waals surface area (Å²) < 4.78 is 0. The molecule has 0 N–H and O–H groups in total. The predicted molar refractivity (Wildman–Crippen MR) is 89.8 cm³/mol. The molecule has 0 aromatic heterocycles. The quantitative estimate of drug-likeness (QED) is 0.536. The molecule has 0 aliphatic heterocycles. The van der Waals surface area contributed by atoms with Crippen LogP contribution in [0.25, 0.3) is 0 Å². The molecule has 0 radical (unpaired) electrons. The molecular formula is C20H34. The number of allylic oxidation sites excluding steroid dienone is 4. The van der Waals surface area contributed by atoms with Crippen LogP contribution in [0.1, 0.15) is 86.0 Å². The Morgan fingerprint density at radius 1 is 1.20 bits per heavy atom. The van der Waals surface area contributed by atoms with Crippen LogP contribution in [-0.2, 0) is 0 Å². The molecule has 1 fully saturated rings. The van der Waals surface area contributed by atoms with E-state index in [1.807, 2.05) is 0 Å². The first-order valence-corrected chi connectivity index (χ1v) is 8.78. The van der Waals surface area contributed by atoms with Crippen molar-refractivity contribution in [1.29, 1.82) is 0 Å². The molecule has 1 unspecified atom stereocenters. The maximum atomic E-state index is 2.58. The van der Waals surface area contributed by atoms with Gasteiger partial charge in [-0.15, -0.1) is 0 Å². The highest BCUT2D eigenvalue weighted by Gasteiger charge is 2.33. The van der Waals surface area contributed by atoms with Crippen LogP contribution in [-0.4, -0.2) is 0 Å². The van der Waals surface area contributed by atoms with Crippen LogP contribution < -0.4 is 0 Å². The van der Waals surface area contributed by atoms with E-state index in [0.29, 0.717) is 10.8 Å². The zero-order valence-corrected chi connectivity index (χ0v) is 14.4. The first kappa shape index (κ1) is 15.9. The van der Waals surface area contributed by atoms with Gasteiger partial charge in [0.25, 0.3) is 0 Å². The van der Waals surface area contributed by atoms with Crippen molar-refractivity contribution in [3.8, 4) is 0 Å². The standard InChI is InChI=1S/C20H34/c1-6-20(5,17-11-7-8-12-17)15-13-18-16(2)10-9-14-19(18,3)4/h13,15,17H,6-12,14H2,1-5H3/b15-13+. The van der Waals surface area contributed by atoms with Crippen molar-refractivity contribution in [2.75, 3.05) is 0 Å². The second-order valence-electron chi connectivity index (χ2n) is 8.11. The van der Waals surface area contributed by atoms with E-state index in [4.69, 9.17) is 0 Å². The Bertz CT molecular complexity index is 390. The molecule has 0 amide bonds. The van der Waals surface area contributed by atoms with Crippen LogP contribution in [0.4, 0.5) is 0 Å². The van der Waals surface area contributed by atoms with Crippen LogP contribution >= 0.6 is 0 Å². The lowest BCUT2D eigenvalue weighted by molar-refractivity contribution is 0.250. The highest BCUT2D eigenvalue weighted by molar-refractivity contribution is 5.33. The molecule has 2 aliphatic rings. The van der Waals surface area contributed by atoms with Gasteiger partial charge in [-0.25, -0.2) is 0 Å². The van der Waals surface area contributed by atoms with Gasteiger partial charge in [-0.1, -0.05) is 58.3 Å². The lowest BCUT2D eigenvalue weighted by atomic mass is 9.70. The maximum absolute atomic E-state index is 2.58. The fourth-order valence-electron chi connectivity index (χ4n) is 4.41. The summed E-state index contributed by atoms with van der Waals surface area (Å²) in [6.45, 7) is 12.1. The molecule has 0 heteroatoms. The van der Waals surface area contributed by atoms with Gasteiger partial charge >= 0.3 is 0 Å². The maximum Gasteiger partial charge on any atom is -0.0104 e. The topological polar surface area (TPSA) is 0 Å². The summed E-state index contributed by atoms with van der Waals surface area (Å²) in [6, 6.07) is 0. The smallest absolute Gasteiger partial charge is 0.0104 e. The number of hydrogen-bond acceptors (Lipinski definition) is 0. The van der Waals surface area contributed by atoms with Gasteiger partial charge in [-0.2, -0.15) is 0 Å². The SMILES string of the molecule is CCC(C)(/C=C/C1=C(C)CCCC1(C)C)C1CCCC1. The molecule has 0 nitrogen and oxygen atoms in total. The largest absolute Gasteiger partial charge is 0.0780 e. The van der Waals surface area contributed by atoms with Crippen molar-refractivity contribution in [3.05, 3.63) is 23.3 Å². The van der Waals surface area contributed by atoms with Crippen LogP contribution in [0.15, 0.2) is 23.3 Å². The summed E-state index contributed by atoms with van der Waals surface area (Å²) in [5.74, 6) is 0.913. The van der Waals surface area contributed by atoms with Crippen molar-refractivity contribution in [3.63, 3.8) is 0 Å². The molecule has 2 rings (SSSR count). The molecule has 2 aliphatic carbocycles. The van der Waals surface area contributed by atoms with Crippen molar-refractivity contribution >= 4 is 0 Å². The second kappa shape index (κ2) is 6.08. The molecule has 1 atom stereocenters. The Morgan fingerprint density at radius 3 is 2.40 bits per heavy atom. The van der Waals surface area contributed by atoms with Crippen LogP contribution in [0.5, 0.6) is 0 Å². The number of hydrogen-bond donors (Lipinski definition) is 0. The third kappa shape index (κ3) is 3.21. The van der Waals surface area contributed by atoms with E-state index in [2.05, 4.69) is 46.8 Å². The zero-order valence-electron chi connectivity index (χ0n) is 14.4. The van der Waals surface area contributed by atoms with Crippen molar-refractivity contribution in [2.45, 2.75) is 86.0 Å². The molecule has 0 heterocycles. The Kier molecular flexibility index (Phi) is 4.82. The fraction of sp³-hybridized carbons (Fsp3) is 0.800. The summed E-state index contributed by atoms with van der Waals surface area (Å²) >= 11 is 0. The summed E-state index contributed by atoms with van der Waals surface area (Å²) in [5.41, 5.74) is 4.05. The van der Waals surface area contributed by atoms with E-state index in [1.165, 1.54) is 51.4 Å². The first-order chi connectivity index (χ1) is 9.39. The molecule has 114 valence electrons. The van der Waals surface area contributed by atoms with Gasteiger partial charge in [0.2, 0.25) is 0 Å². The Hall–Kier alpha value is -0.520. The molecule has 0 aromatic carbocycles. The van der Waals surface area contributed by atoms with Gasteiger partial charge in [0.15, 0.2) is 0 Å². The second-order valence-corrected chi connectivity index (χ2v) is 8.11. The highest BCUT2D eigenvalue weighted by atomic mass is 14.4. The molecule has 0 spiro atoms. The van der Waals surface area contributed by atoms with Crippen LogP contribution in [0.3, 0.4) is 0 Å². The fourth-order valence-corrected chi connectivity index (χ4v) is 4.41. The minimum absolute atomic E-state index is 0.378. The lowest BCUT2D eigenvalue weighted by Crippen LogP contribution is -2.24. The van der Waals surface area contributed by atoms with Gasteiger partial charge in [0.05, 0.1) is 0 Å². The molecule has 0 bridgehead atoms. The normalized spacial score (nSPS) is 27.2. The first-order valence-electron chi connectivity index (χ1n) is 8.78. The Balaban J connectivity index is 2.21.